The van der Waals surface area contributed by atoms with Gasteiger partial charge in [0.25, 0.3) is 5.91 Å². The van der Waals surface area contributed by atoms with Crippen LogP contribution in [0.3, 0.4) is 0 Å². The molecule has 3 rings (SSSR count). The number of carbonyl (C=O) groups is 2. The van der Waals surface area contributed by atoms with Gasteiger partial charge in [-0.15, -0.1) is 0 Å². The second-order valence-corrected chi connectivity index (χ2v) is 6.84. The normalized spacial score (nSPS) is 16.5. The Kier molecular flexibility index (Phi) is 5.91. The molecule has 2 amide bonds. The van der Waals surface area contributed by atoms with Gasteiger partial charge in [-0.1, -0.05) is 35.9 Å². The molecule has 6 heteroatoms. The molecule has 3 N–H and O–H groups in total. The average molecular weight is 372 g/mol. The van der Waals surface area contributed by atoms with E-state index in [1.807, 2.05) is 24.3 Å². The van der Waals surface area contributed by atoms with Gasteiger partial charge >= 0.3 is 0 Å². The quantitative estimate of drug-likeness (QED) is 0.848. The van der Waals surface area contributed by atoms with Crippen molar-refractivity contribution < 1.29 is 9.59 Å². The summed E-state index contributed by atoms with van der Waals surface area (Å²) in [4.78, 5) is 27.1. The molecule has 136 valence electrons. The second-order valence-electron chi connectivity index (χ2n) is 6.41. The predicted molar refractivity (Wildman–Crippen MR) is 102 cm³/mol. The summed E-state index contributed by atoms with van der Waals surface area (Å²) in [6.45, 7) is 1.38. The number of amides is 2. The lowest BCUT2D eigenvalue weighted by molar-refractivity contribution is -0.125. The highest BCUT2D eigenvalue weighted by atomic mass is 35.5. The molecule has 2 aromatic carbocycles. The van der Waals surface area contributed by atoms with Gasteiger partial charge in [-0.05, 0) is 48.2 Å². The van der Waals surface area contributed by atoms with Crippen LogP contribution in [0.25, 0.3) is 0 Å². The van der Waals surface area contributed by atoms with Gasteiger partial charge in [0.2, 0.25) is 5.91 Å². The maximum atomic E-state index is 12.8. The van der Waals surface area contributed by atoms with Crippen molar-refractivity contribution in [2.75, 3.05) is 6.54 Å². The molecule has 5 nitrogen and oxygen atoms in total. The second kappa shape index (κ2) is 8.34. The summed E-state index contributed by atoms with van der Waals surface area (Å²) in [5.74, 6) is -0.245. The number of rotatable bonds is 5. The fraction of sp³-hybridized carbons (Fsp3) is 0.300. The summed E-state index contributed by atoms with van der Waals surface area (Å²) in [6, 6.07) is 14.2. The number of nitrogens with zero attached hydrogens (tertiary/aromatic N) is 1. The van der Waals surface area contributed by atoms with Crippen LogP contribution in [-0.4, -0.2) is 29.3 Å². The minimum atomic E-state index is -0.434. The van der Waals surface area contributed by atoms with Crippen LogP contribution >= 0.6 is 11.6 Å². The summed E-state index contributed by atoms with van der Waals surface area (Å²) >= 11 is 5.87. The number of benzene rings is 2. The summed E-state index contributed by atoms with van der Waals surface area (Å²) in [7, 11) is 0. The zero-order valence-electron chi connectivity index (χ0n) is 14.5. The van der Waals surface area contributed by atoms with Gasteiger partial charge in [0.15, 0.2) is 0 Å². The van der Waals surface area contributed by atoms with Crippen molar-refractivity contribution in [2.24, 2.45) is 5.73 Å². The fourth-order valence-corrected chi connectivity index (χ4v) is 3.31. The SMILES string of the molecule is NCc1cccc(C(=O)N2CCCC2C(=O)NCc2ccc(Cl)cc2)c1. The molecule has 0 radical (unpaired) electrons. The van der Waals surface area contributed by atoms with E-state index in [0.717, 1.165) is 17.5 Å². The number of likely N-dealkylation sites (tertiary alicyclic amines) is 1. The Labute approximate surface area is 158 Å². The van der Waals surface area contributed by atoms with E-state index in [1.54, 1.807) is 29.2 Å². The third kappa shape index (κ3) is 4.23. The molecule has 0 spiro atoms. The van der Waals surface area contributed by atoms with Gasteiger partial charge in [-0.3, -0.25) is 9.59 Å². The number of nitrogens with two attached hydrogens (primary N) is 1. The van der Waals surface area contributed by atoms with Gasteiger partial charge in [0.05, 0.1) is 0 Å². The summed E-state index contributed by atoms with van der Waals surface area (Å²) in [5, 5.41) is 3.58. The van der Waals surface area contributed by atoms with Crippen molar-refractivity contribution in [1.29, 1.82) is 0 Å². The molecular weight excluding hydrogens is 350 g/mol. The lowest BCUT2D eigenvalue weighted by atomic mass is 10.1. The smallest absolute Gasteiger partial charge is 0.254 e. The van der Waals surface area contributed by atoms with Crippen LogP contribution in [0, 0.1) is 0 Å². The third-order valence-electron chi connectivity index (χ3n) is 4.61. The van der Waals surface area contributed by atoms with Gasteiger partial charge in [-0.2, -0.15) is 0 Å². The van der Waals surface area contributed by atoms with Crippen molar-refractivity contribution in [3.63, 3.8) is 0 Å². The Hall–Kier alpha value is -2.37. The first-order chi connectivity index (χ1) is 12.6. The zero-order chi connectivity index (χ0) is 18.5. The van der Waals surface area contributed by atoms with Crippen LogP contribution in [0.2, 0.25) is 5.02 Å². The Morgan fingerprint density at radius 2 is 1.92 bits per heavy atom. The van der Waals surface area contributed by atoms with Crippen molar-refractivity contribution in [3.05, 3.63) is 70.2 Å². The summed E-state index contributed by atoms with van der Waals surface area (Å²) in [6.07, 6.45) is 1.50. The lowest BCUT2D eigenvalue weighted by Crippen LogP contribution is -2.45. The lowest BCUT2D eigenvalue weighted by Gasteiger charge is -2.24. The number of hydrogen-bond donors (Lipinski definition) is 2. The van der Waals surface area contributed by atoms with Gasteiger partial charge in [-0.25, -0.2) is 0 Å². The van der Waals surface area contributed by atoms with Gasteiger partial charge in [0.1, 0.15) is 6.04 Å². The molecule has 2 aromatic rings. The monoisotopic (exact) mass is 371 g/mol. The Morgan fingerprint density at radius 3 is 2.65 bits per heavy atom. The van der Waals surface area contributed by atoms with Crippen LogP contribution in [-0.2, 0) is 17.9 Å². The molecule has 0 saturated carbocycles. The maximum absolute atomic E-state index is 12.8. The van der Waals surface area contributed by atoms with Gasteiger partial charge < -0.3 is 16.0 Å². The predicted octanol–water partition coefficient (Wildman–Crippen LogP) is 2.72. The molecule has 0 aliphatic carbocycles. The molecule has 1 unspecified atom stereocenters. The van der Waals surface area contributed by atoms with Crippen molar-refractivity contribution in [3.8, 4) is 0 Å². The van der Waals surface area contributed by atoms with E-state index in [9.17, 15) is 9.59 Å². The minimum Gasteiger partial charge on any atom is -0.350 e. The molecule has 1 heterocycles. The molecular formula is C20H22ClN3O2. The maximum Gasteiger partial charge on any atom is 0.254 e. The molecule has 1 aliphatic rings. The zero-order valence-corrected chi connectivity index (χ0v) is 15.2. The Balaban J connectivity index is 1.65. The molecule has 0 aromatic heterocycles. The van der Waals surface area contributed by atoms with E-state index in [4.69, 9.17) is 17.3 Å². The van der Waals surface area contributed by atoms with Crippen LogP contribution in [0.5, 0.6) is 0 Å². The molecule has 0 bridgehead atoms. The van der Waals surface area contributed by atoms with Crippen LogP contribution in [0.4, 0.5) is 0 Å². The van der Waals surface area contributed by atoms with Crippen molar-refractivity contribution in [1.82, 2.24) is 10.2 Å². The first-order valence-corrected chi connectivity index (χ1v) is 9.08. The van der Waals surface area contributed by atoms with Gasteiger partial charge in [0, 0.05) is 30.2 Å². The van der Waals surface area contributed by atoms with Crippen LogP contribution in [0.1, 0.15) is 34.3 Å². The largest absolute Gasteiger partial charge is 0.350 e. The minimum absolute atomic E-state index is 0.121. The van der Waals surface area contributed by atoms with Crippen molar-refractivity contribution in [2.45, 2.75) is 32.0 Å². The first kappa shape index (κ1) is 18.4. The number of hydrogen-bond acceptors (Lipinski definition) is 3. The average Bonchev–Trinajstić information content (AvgIpc) is 3.16. The summed E-state index contributed by atoms with van der Waals surface area (Å²) < 4.78 is 0. The van der Waals surface area contributed by atoms with Crippen LogP contribution in [0.15, 0.2) is 48.5 Å². The highest BCUT2D eigenvalue weighted by Crippen LogP contribution is 2.21. The van der Waals surface area contributed by atoms with E-state index in [2.05, 4.69) is 5.32 Å². The van der Waals surface area contributed by atoms with Crippen molar-refractivity contribution >= 4 is 23.4 Å². The third-order valence-corrected chi connectivity index (χ3v) is 4.86. The first-order valence-electron chi connectivity index (χ1n) is 8.70. The number of nitrogens with one attached hydrogen (secondary N) is 1. The standard InChI is InChI=1S/C20H22ClN3O2/c21-17-8-6-14(7-9-17)13-23-19(25)18-5-2-10-24(18)20(26)16-4-1-3-15(11-16)12-22/h1,3-4,6-9,11,18H,2,5,10,12-13,22H2,(H,23,25). The van der Waals surface area contributed by atoms with E-state index >= 15 is 0 Å². The van der Waals surface area contributed by atoms with E-state index in [1.165, 1.54) is 0 Å². The molecule has 1 aliphatic heterocycles. The molecule has 1 atom stereocenters. The Morgan fingerprint density at radius 1 is 1.15 bits per heavy atom. The molecule has 1 saturated heterocycles. The fourth-order valence-electron chi connectivity index (χ4n) is 3.19. The van der Waals surface area contributed by atoms with E-state index in [-0.39, 0.29) is 11.8 Å². The molecule has 26 heavy (non-hydrogen) atoms. The number of carbonyl (C=O) groups excluding carboxylic acids is 2. The van der Waals surface area contributed by atoms with E-state index < -0.39 is 6.04 Å². The highest BCUT2D eigenvalue weighted by Gasteiger charge is 2.34. The summed E-state index contributed by atoms with van der Waals surface area (Å²) in [5.41, 5.74) is 8.10. The Bertz CT molecular complexity index is 792. The van der Waals surface area contributed by atoms with E-state index in [0.29, 0.717) is 36.6 Å². The molecule has 1 fully saturated rings. The van der Waals surface area contributed by atoms with Crippen LogP contribution < -0.4 is 11.1 Å². The highest BCUT2D eigenvalue weighted by molar-refractivity contribution is 6.30. The topological polar surface area (TPSA) is 75.4 Å². The number of halogens is 1.